The highest BCUT2D eigenvalue weighted by Gasteiger charge is 2.07. The van der Waals surface area contributed by atoms with Crippen molar-refractivity contribution in [1.29, 1.82) is 0 Å². The fraction of sp³-hybridized carbons (Fsp3) is 0.190. The van der Waals surface area contributed by atoms with Crippen molar-refractivity contribution in [2.75, 3.05) is 10.6 Å². The van der Waals surface area contributed by atoms with Gasteiger partial charge in [-0.05, 0) is 54.0 Å². The molecule has 2 amide bonds. The highest BCUT2D eigenvalue weighted by molar-refractivity contribution is 7.80. The molecule has 9 heteroatoms. The van der Waals surface area contributed by atoms with E-state index in [2.05, 4.69) is 16.0 Å². The van der Waals surface area contributed by atoms with Gasteiger partial charge in [-0.15, -0.1) is 0 Å². The molecule has 0 unspecified atom stereocenters. The minimum atomic E-state index is -0.502. The van der Waals surface area contributed by atoms with Crippen molar-refractivity contribution in [3.63, 3.8) is 0 Å². The third-order valence-corrected chi connectivity index (χ3v) is 3.97. The number of nitrogens with one attached hydrogen (secondary N) is 3. The van der Waals surface area contributed by atoms with Gasteiger partial charge < -0.3 is 10.6 Å². The largest absolute Gasteiger partial charge is 0.332 e. The van der Waals surface area contributed by atoms with Gasteiger partial charge in [0.15, 0.2) is 5.11 Å². The van der Waals surface area contributed by atoms with Crippen LogP contribution in [0.25, 0.3) is 6.08 Å². The fourth-order valence-electron chi connectivity index (χ4n) is 2.45. The number of carbonyl (C=O) groups excluding carboxylic acids is 2. The molecule has 0 aliphatic rings. The van der Waals surface area contributed by atoms with E-state index in [1.165, 1.54) is 30.4 Å². The molecule has 0 bridgehead atoms. The molecule has 2 aromatic carbocycles. The molecule has 156 valence electrons. The van der Waals surface area contributed by atoms with Crippen LogP contribution in [0, 0.1) is 16.0 Å². The molecule has 0 saturated carbocycles. The van der Waals surface area contributed by atoms with Gasteiger partial charge in [-0.1, -0.05) is 26.0 Å². The molecular weight excluding hydrogens is 404 g/mol. The van der Waals surface area contributed by atoms with E-state index in [1.54, 1.807) is 30.3 Å². The Kier molecular flexibility index (Phi) is 8.18. The summed E-state index contributed by atoms with van der Waals surface area (Å²) < 4.78 is 0. The normalized spacial score (nSPS) is 10.6. The number of hydrogen-bond donors (Lipinski definition) is 3. The van der Waals surface area contributed by atoms with E-state index < -0.39 is 10.8 Å². The number of nitrogens with zero attached hydrogens (tertiary/aromatic N) is 1. The van der Waals surface area contributed by atoms with Crippen LogP contribution in [0.3, 0.4) is 0 Å². The van der Waals surface area contributed by atoms with Crippen molar-refractivity contribution >= 4 is 52.3 Å². The maximum absolute atomic E-state index is 12.0. The maximum atomic E-state index is 12.0. The van der Waals surface area contributed by atoms with E-state index in [4.69, 9.17) is 12.2 Å². The van der Waals surface area contributed by atoms with Gasteiger partial charge in [-0.3, -0.25) is 25.0 Å². The first-order valence-corrected chi connectivity index (χ1v) is 9.58. The van der Waals surface area contributed by atoms with Crippen molar-refractivity contribution in [1.82, 2.24) is 5.32 Å². The maximum Gasteiger partial charge on any atom is 0.270 e. The summed E-state index contributed by atoms with van der Waals surface area (Å²) in [6, 6.07) is 12.8. The third kappa shape index (κ3) is 7.80. The number of amides is 2. The van der Waals surface area contributed by atoms with Gasteiger partial charge >= 0.3 is 0 Å². The van der Waals surface area contributed by atoms with Crippen molar-refractivity contribution < 1.29 is 14.5 Å². The summed E-state index contributed by atoms with van der Waals surface area (Å²) in [4.78, 5) is 34.1. The molecule has 8 nitrogen and oxygen atoms in total. The molecule has 0 spiro atoms. The molecule has 0 fully saturated rings. The molecule has 0 aromatic heterocycles. The first-order chi connectivity index (χ1) is 14.2. The Labute approximate surface area is 179 Å². The molecule has 2 aromatic rings. The molecule has 0 heterocycles. The van der Waals surface area contributed by atoms with Gasteiger partial charge in [0.25, 0.3) is 5.69 Å². The second-order valence-electron chi connectivity index (χ2n) is 6.85. The fourth-order valence-corrected chi connectivity index (χ4v) is 2.67. The number of rotatable bonds is 7. The number of non-ortho nitro benzene ring substituents is 1. The van der Waals surface area contributed by atoms with Crippen LogP contribution >= 0.6 is 12.2 Å². The van der Waals surface area contributed by atoms with Crippen LogP contribution in [0.2, 0.25) is 0 Å². The van der Waals surface area contributed by atoms with Gasteiger partial charge in [0, 0.05) is 36.0 Å². The van der Waals surface area contributed by atoms with Gasteiger partial charge in [-0.2, -0.15) is 0 Å². The van der Waals surface area contributed by atoms with Crippen molar-refractivity contribution in [3.05, 3.63) is 70.3 Å². The Balaban J connectivity index is 1.86. The number of benzene rings is 2. The number of anilines is 2. The molecule has 0 atom stereocenters. The van der Waals surface area contributed by atoms with Crippen LogP contribution < -0.4 is 16.0 Å². The zero-order valence-electron chi connectivity index (χ0n) is 16.5. The van der Waals surface area contributed by atoms with Crippen molar-refractivity contribution in [2.24, 2.45) is 5.92 Å². The van der Waals surface area contributed by atoms with Crippen LogP contribution in [-0.4, -0.2) is 21.9 Å². The molecule has 30 heavy (non-hydrogen) atoms. The highest BCUT2D eigenvalue weighted by Crippen LogP contribution is 2.15. The van der Waals surface area contributed by atoms with E-state index >= 15 is 0 Å². The average Bonchev–Trinajstić information content (AvgIpc) is 2.67. The van der Waals surface area contributed by atoms with Gasteiger partial charge in [-0.25, -0.2) is 0 Å². The Morgan fingerprint density at radius 1 is 1.10 bits per heavy atom. The lowest BCUT2D eigenvalue weighted by Gasteiger charge is -2.10. The van der Waals surface area contributed by atoms with Gasteiger partial charge in [0.2, 0.25) is 11.8 Å². The number of nitro benzene ring substituents is 1. The predicted molar refractivity (Wildman–Crippen MR) is 121 cm³/mol. The molecule has 0 radical (unpaired) electrons. The lowest BCUT2D eigenvalue weighted by atomic mass is 10.1. The number of hydrogen-bond acceptors (Lipinski definition) is 5. The van der Waals surface area contributed by atoms with Crippen molar-refractivity contribution in [2.45, 2.75) is 20.3 Å². The molecule has 0 aliphatic heterocycles. The van der Waals surface area contributed by atoms with E-state index in [0.717, 1.165) is 0 Å². The molecule has 0 aliphatic carbocycles. The number of thiocarbonyl (C=S) groups is 1. The summed E-state index contributed by atoms with van der Waals surface area (Å²) in [5.74, 6) is -0.251. The predicted octanol–water partition coefficient (Wildman–Crippen LogP) is 4.11. The molecule has 2 rings (SSSR count). The van der Waals surface area contributed by atoms with E-state index in [1.807, 2.05) is 13.8 Å². The molecule has 3 N–H and O–H groups in total. The van der Waals surface area contributed by atoms with Crippen LogP contribution in [-0.2, 0) is 9.59 Å². The minimum absolute atomic E-state index is 0.0518. The number of carbonyl (C=O) groups is 2. The summed E-state index contributed by atoms with van der Waals surface area (Å²) in [5.41, 5.74) is 1.78. The zero-order valence-corrected chi connectivity index (χ0v) is 17.4. The van der Waals surface area contributed by atoms with Gasteiger partial charge in [0.05, 0.1) is 4.92 Å². The second-order valence-corrected chi connectivity index (χ2v) is 7.26. The minimum Gasteiger partial charge on any atom is -0.332 e. The van der Waals surface area contributed by atoms with Crippen LogP contribution in [0.4, 0.5) is 17.1 Å². The molecule has 0 saturated heterocycles. The first-order valence-electron chi connectivity index (χ1n) is 9.17. The van der Waals surface area contributed by atoms with Crippen molar-refractivity contribution in [3.8, 4) is 0 Å². The lowest BCUT2D eigenvalue weighted by molar-refractivity contribution is -0.384. The first kappa shape index (κ1) is 22.7. The Hall–Kier alpha value is -3.59. The van der Waals surface area contributed by atoms with Crippen LogP contribution in [0.1, 0.15) is 25.8 Å². The van der Waals surface area contributed by atoms with E-state index in [9.17, 15) is 19.7 Å². The summed E-state index contributed by atoms with van der Waals surface area (Å²) in [6.45, 7) is 3.95. The summed E-state index contributed by atoms with van der Waals surface area (Å²) in [7, 11) is 0. The zero-order chi connectivity index (χ0) is 22.1. The Morgan fingerprint density at radius 2 is 1.73 bits per heavy atom. The summed E-state index contributed by atoms with van der Waals surface area (Å²) in [6.07, 6.45) is 3.14. The van der Waals surface area contributed by atoms with Crippen LogP contribution in [0.15, 0.2) is 54.6 Å². The van der Waals surface area contributed by atoms with E-state index in [0.29, 0.717) is 23.4 Å². The van der Waals surface area contributed by atoms with E-state index in [-0.39, 0.29) is 22.6 Å². The average molecular weight is 426 g/mol. The Morgan fingerprint density at radius 3 is 2.33 bits per heavy atom. The monoisotopic (exact) mass is 426 g/mol. The quantitative estimate of drug-likeness (QED) is 0.266. The standard InChI is InChI=1S/C21H22N4O4S/c1-14(2)12-20(27)22-16-7-9-17(10-8-16)23-21(30)24-19(26)11-6-15-4-3-5-18(13-15)25(28)29/h3-11,13-14H,12H2,1-2H3,(H,22,27)(H2,23,24,26,30)/b11-6+. The van der Waals surface area contributed by atoms with Gasteiger partial charge in [0.1, 0.15) is 0 Å². The topological polar surface area (TPSA) is 113 Å². The third-order valence-electron chi connectivity index (χ3n) is 3.77. The number of nitro groups is 1. The second kappa shape index (κ2) is 10.8. The summed E-state index contributed by atoms with van der Waals surface area (Å²) >= 11 is 5.11. The molecular formula is C21H22N4O4S. The highest BCUT2D eigenvalue weighted by atomic mass is 32.1. The Bertz CT molecular complexity index is 971. The SMILES string of the molecule is CC(C)CC(=O)Nc1ccc(NC(=S)NC(=O)/C=C/c2cccc([N+](=O)[O-])c2)cc1. The lowest BCUT2D eigenvalue weighted by Crippen LogP contribution is -2.32. The smallest absolute Gasteiger partial charge is 0.270 e. The van der Waals surface area contributed by atoms with Crippen LogP contribution in [0.5, 0.6) is 0 Å². The summed E-state index contributed by atoms with van der Waals surface area (Å²) in [5, 5.41) is 19.1.